The third kappa shape index (κ3) is 3.36. The van der Waals surface area contributed by atoms with Crippen molar-refractivity contribution in [3.8, 4) is 0 Å². The van der Waals surface area contributed by atoms with Crippen molar-refractivity contribution in [3.63, 3.8) is 0 Å². The standard InChI is InChI=1S/C35H52O/c1-23(2)12-11-13-24(3)29-22-31-35(36-31)28-16-17-30-32(4,5)26(25-14-9-8-10-15-25)18-20-33(30,6)27(28)19-21-34(29,35)7/h8-10,14-15,23-24,26,29-31H,11-13,16-22H2,1-7H3/t24-,26-,29-,30+,31+,33-,34-,35+/m1/s1. The molecule has 1 nitrogen and oxygen atoms in total. The van der Waals surface area contributed by atoms with Crippen LogP contribution in [0.25, 0.3) is 0 Å². The van der Waals surface area contributed by atoms with Crippen LogP contribution in [0.15, 0.2) is 41.5 Å². The lowest BCUT2D eigenvalue weighted by Crippen LogP contribution is -2.53. The van der Waals surface area contributed by atoms with Crippen molar-refractivity contribution in [2.24, 2.45) is 39.9 Å². The number of ether oxygens (including phenoxy) is 1. The van der Waals surface area contributed by atoms with Crippen LogP contribution < -0.4 is 0 Å². The van der Waals surface area contributed by atoms with Crippen molar-refractivity contribution in [1.82, 2.24) is 0 Å². The Morgan fingerprint density at radius 2 is 1.64 bits per heavy atom. The Bertz CT molecular complexity index is 1020. The number of hydrogen-bond donors (Lipinski definition) is 0. The van der Waals surface area contributed by atoms with Crippen molar-refractivity contribution in [2.45, 2.75) is 130 Å². The van der Waals surface area contributed by atoms with Gasteiger partial charge < -0.3 is 4.74 Å². The fraction of sp³-hybridized carbons (Fsp3) is 0.771. The summed E-state index contributed by atoms with van der Waals surface area (Å²) < 4.78 is 6.85. The molecule has 0 bridgehead atoms. The van der Waals surface area contributed by atoms with E-state index in [2.05, 4.69) is 78.8 Å². The number of benzene rings is 1. The summed E-state index contributed by atoms with van der Waals surface area (Å²) in [5, 5.41) is 0. The van der Waals surface area contributed by atoms with Crippen LogP contribution in [0.3, 0.4) is 0 Å². The first kappa shape index (κ1) is 25.2. The van der Waals surface area contributed by atoms with E-state index in [9.17, 15) is 0 Å². The van der Waals surface area contributed by atoms with Gasteiger partial charge in [-0.3, -0.25) is 0 Å². The Morgan fingerprint density at radius 1 is 0.889 bits per heavy atom. The fourth-order valence-electron chi connectivity index (χ4n) is 11.0. The van der Waals surface area contributed by atoms with Crippen LogP contribution in [0.2, 0.25) is 0 Å². The van der Waals surface area contributed by atoms with Gasteiger partial charge in [-0.2, -0.15) is 0 Å². The average Bonchev–Trinajstić information content (AvgIpc) is 3.49. The van der Waals surface area contributed by atoms with Gasteiger partial charge in [-0.25, -0.2) is 0 Å². The van der Waals surface area contributed by atoms with Gasteiger partial charge in [0.15, 0.2) is 0 Å². The molecule has 2 saturated carbocycles. The van der Waals surface area contributed by atoms with Crippen LogP contribution in [-0.2, 0) is 4.74 Å². The number of epoxide rings is 1. The fourth-order valence-corrected chi connectivity index (χ4v) is 11.0. The second-order valence-corrected chi connectivity index (χ2v) is 15.2. The monoisotopic (exact) mass is 488 g/mol. The van der Waals surface area contributed by atoms with E-state index in [0.717, 1.165) is 23.7 Å². The van der Waals surface area contributed by atoms with Gasteiger partial charge in [-0.05, 0) is 96.5 Å². The zero-order valence-corrected chi connectivity index (χ0v) is 24.3. The van der Waals surface area contributed by atoms with Gasteiger partial charge in [-0.1, -0.05) is 104 Å². The minimum absolute atomic E-state index is 0.103. The van der Waals surface area contributed by atoms with Gasteiger partial charge in [0.2, 0.25) is 0 Å². The van der Waals surface area contributed by atoms with Gasteiger partial charge in [0, 0.05) is 5.41 Å². The molecule has 0 amide bonds. The van der Waals surface area contributed by atoms with Crippen LogP contribution >= 0.6 is 0 Å². The molecule has 0 aromatic heterocycles. The highest BCUT2D eigenvalue weighted by Gasteiger charge is 2.78. The summed E-state index contributed by atoms with van der Waals surface area (Å²) in [6, 6.07) is 11.4. The zero-order valence-electron chi connectivity index (χ0n) is 24.3. The molecule has 3 fully saturated rings. The number of allylic oxidation sites excluding steroid dienone is 1. The van der Waals surface area contributed by atoms with Crippen LogP contribution in [0, 0.1) is 39.9 Å². The molecule has 0 radical (unpaired) electrons. The molecular weight excluding hydrogens is 436 g/mol. The second-order valence-electron chi connectivity index (χ2n) is 15.2. The Kier molecular flexibility index (Phi) is 5.92. The Morgan fingerprint density at radius 3 is 2.36 bits per heavy atom. The summed E-state index contributed by atoms with van der Waals surface area (Å²) in [7, 11) is 0. The molecular formula is C35H52O. The van der Waals surface area contributed by atoms with E-state index in [-0.39, 0.29) is 5.60 Å². The summed E-state index contributed by atoms with van der Waals surface area (Å²) >= 11 is 0. The van der Waals surface area contributed by atoms with Gasteiger partial charge in [0.1, 0.15) is 5.60 Å². The summed E-state index contributed by atoms with van der Waals surface area (Å²) in [4.78, 5) is 0. The summed E-state index contributed by atoms with van der Waals surface area (Å²) in [6.45, 7) is 17.9. The Balaban J connectivity index is 1.29. The second kappa shape index (κ2) is 8.46. The maximum absolute atomic E-state index is 6.85. The van der Waals surface area contributed by atoms with Crippen LogP contribution in [0.1, 0.15) is 124 Å². The van der Waals surface area contributed by atoms with E-state index < -0.39 is 0 Å². The lowest BCUT2D eigenvalue weighted by Gasteiger charge is -2.61. The van der Waals surface area contributed by atoms with Crippen LogP contribution in [-0.4, -0.2) is 11.7 Å². The molecule has 1 heterocycles. The summed E-state index contributed by atoms with van der Waals surface area (Å²) in [5.74, 6) is 3.95. The minimum Gasteiger partial charge on any atom is -0.361 e. The molecule has 1 heteroatoms. The van der Waals surface area contributed by atoms with E-state index in [1.54, 1.807) is 5.56 Å². The van der Waals surface area contributed by atoms with Crippen molar-refractivity contribution in [2.75, 3.05) is 0 Å². The largest absolute Gasteiger partial charge is 0.361 e. The highest BCUT2D eigenvalue weighted by Crippen LogP contribution is 2.76. The number of fused-ring (bicyclic) bond motifs is 2. The lowest BCUT2D eigenvalue weighted by molar-refractivity contribution is -0.0333. The van der Waals surface area contributed by atoms with Crippen LogP contribution in [0.5, 0.6) is 0 Å². The molecule has 1 aliphatic heterocycles. The normalized spacial score (nSPS) is 43.4. The molecule has 198 valence electrons. The number of hydrogen-bond acceptors (Lipinski definition) is 1. The maximum Gasteiger partial charge on any atom is 0.122 e. The van der Waals surface area contributed by atoms with E-state index in [0.29, 0.717) is 28.3 Å². The predicted octanol–water partition coefficient (Wildman–Crippen LogP) is 9.72. The molecule has 6 rings (SSSR count). The molecule has 1 saturated heterocycles. The molecule has 4 aliphatic carbocycles. The van der Waals surface area contributed by atoms with Gasteiger partial charge >= 0.3 is 0 Å². The molecule has 8 atom stereocenters. The van der Waals surface area contributed by atoms with Gasteiger partial charge in [0.25, 0.3) is 0 Å². The smallest absolute Gasteiger partial charge is 0.122 e. The highest BCUT2D eigenvalue weighted by atomic mass is 16.6. The van der Waals surface area contributed by atoms with Gasteiger partial charge in [-0.15, -0.1) is 0 Å². The van der Waals surface area contributed by atoms with Crippen molar-refractivity contribution in [3.05, 3.63) is 47.0 Å². The zero-order chi connectivity index (χ0) is 25.5. The van der Waals surface area contributed by atoms with E-state index in [4.69, 9.17) is 4.74 Å². The van der Waals surface area contributed by atoms with Crippen molar-refractivity contribution < 1.29 is 4.74 Å². The third-order valence-electron chi connectivity index (χ3n) is 12.8. The summed E-state index contributed by atoms with van der Waals surface area (Å²) in [5.41, 5.74) is 6.39. The van der Waals surface area contributed by atoms with Crippen molar-refractivity contribution >= 4 is 0 Å². The first-order chi connectivity index (χ1) is 17.1. The van der Waals surface area contributed by atoms with E-state index >= 15 is 0 Å². The van der Waals surface area contributed by atoms with E-state index in [1.165, 1.54) is 64.2 Å². The summed E-state index contributed by atoms with van der Waals surface area (Å²) in [6.07, 6.45) is 14.0. The predicted molar refractivity (Wildman–Crippen MR) is 151 cm³/mol. The Hall–Kier alpha value is -1.08. The minimum atomic E-state index is 0.103. The average molecular weight is 489 g/mol. The molecule has 1 aromatic carbocycles. The third-order valence-corrected chi connectivity index (χ3v) is 12.8. The number of rotatable bonds is 6. The van der Waals surface area contributed by atoms with E-state index in [1.807, 2.05) is 11.1 Å². The molecule has 1 aromatic rings. The molecule has 0 unspecified atom stereocenters. The first-order valence-electron chi connectivity index (χ1n) is 15.5. The Labute approximate surface area is 221 Å². The molecule has 36 heavy (non-hydrogen) atoms. The quantitative estimate of drug-likeness (QED) is 0.287. The van der Waals surface area contributed by atoms with Crippen LogP contribution in [0.4, 0.5) is 0 Å². The molecule has 1 spiro atoms. The molecule has 5 aliphatic rings. The first-order valence-corrected chi connectivity index (χ1v) is 15.5. The van der Waals surface area contributed by atoms with Gasteiger partial charge in [0.05, 0.1) is 6.10 Å². The highest BCUT2D eigenvalue weighted by molar-refractivity contribution is 5.47. The topological polar surface area (TPSA) is 12.5 Å². The van der Waals surface area contributed by atoms with Crippen molar-refractivity contribution in [1.29, 1.82) is 0 Å². The maximum atomic E-state index is 6.85. The lowest BCUT2D eigenvalue weighted by atomic mass is 9.43. The molecule has 0 N–H and O–H groups in total. The SMILES string of the molecule is CC(C)CCC[C@@H](C)[C@H]1C[C@@H]2O[C@@]23C2=C(CC[C@]13C)[C@@]1(C)CC[C@H](c3ccccc3)C(C)(C)[C@@H]1CC2.